The molecule has 7 heteroatoms. The normalized spacial score (nSPS) is 46.1. The summed E-state index contributed by atoms with van der Waals surface area (Å²) in [5.74, 6) is 0.0403. The van der Waals surface area contributed by atoms with Gasteiger partial charge >= 0.3 is 0 Å². The van der Waals surface area contributed by atoms with Crippen molar-refractivity contribution in [3.8, 4) is 0 Å². The highest BCUT2D eigenvalue weighted by Gasteiger charge is 2.69. The monoisotopic (exact) mass is 374 g/mol. The van der Waals surface area contributed by atoms with Gasteiger partial charge in [-0.1, -0.05) is 34.8 Å². The van der Waals surface area contributed by atoms with Crippen LogP contribution in [0.3, 0.4) is 0 Å². The first-order valence-electron chi connectivity index (χ1n) is 5.00. The maximum atomic E-state index is 6.32. The number of fused-ring (bicyclic) bond motifs is 2. The van der Waals surface area contributed by atoms with E-state index < -0.39 is 20.0 Å². The average molecular weight is 377 g/mol. The minimum absolute atomic E-state index is 0.0633. The molecule has 0 amide bonds. The predicted molar refractivity (Wildman–Crippen MR) is 78.3 cm³/mol. The first kappa shape index (κ1) is 15.2. The topological polar surface area (TPSA) is 0 Å². The van der Waals surface area contributed by atoms with Crippen molar-refractivity contribution in [2.45, 2.75) is 21.0 Å². The van der Waals surface area contributed by atoms with E-state index in [1.165, 1.54) is 5.54 Å². The van der Waals surface area contributed by atoms with Crippen LogP contribution < -0.4 is 0 Å². The number of allylic oxidation sites excluding steroid dienone is 1. The summed E-state index contributed by atoms with van der Waals surface area (Å²) >= 11 is 43.0. The second kappa shape index (κ2) is 4.95. The van der Waals surface area contributed by atoms with E-state index in [0.29, 0.717) is 6.42 Å². The first-order valence-corrected chi connectivity index (χ1v) is 8.04. The molecule has 0 aromatic carbocycles. The van der Waals surface area contributed by atoms with E-state index in [0.717, 1.165) is 5.57 Å². The van der Waals surface area contributed by atoms with Crippen molar-refractivity contribution in [2.24, 2.45) is 17.3 Å². The van der Waals surface area contributed by atoms with Gasteiger partial charge in [-0.3, -0.25) is 0 Å². The van der Waals surface area contributed by atoms with Crippen molar-refractivity contribution >= 4 is 81.2 Å². The molecular weight excluding hydrogens is 368 g/mol. The molecule has 2 aliphatic carbocycles. The van der Waals surface area contributed by atoms with Crippen LogP contribution in [-0.4, -0.2) is 20.4 Å². The summed E-state index contributed by atoms with van der Waals surface area (Å²) in [5.41, 5.74) is 1.64. The largest absolute Gasteiger partial charge is 0.141 e. The molecule has 2 saturated carbocycles. The van der Waals surface area contributed by atoms with Crippen molar-refractivity contribution in [3.63, 3.8) is 0 Å². The first-order chi connectivity index (χ1) is 7.83. The van der Waals surface area contributed by atoms with E-state index in [2.05, 4.69) is 0 Å². The lowest BCUT2D eigenvalue weighted by molar-refractivity contribution is 0.283. The van der Waals surface area contributed by atoms with E-state index in [9.17, 15) is 0 Å². The molecule has 2 aliphatic rings. The molecule has 0 nitrogen and oxygen atoms in total. The van der Waals surface area contributed by atoms with Gasteiger partial charge in [-0.05, 0) is 17.9 Å². The fourth-order valence-electron chi connectivity index (χ4n) is 3.04. The highest BCUT2D eigenvalue weighted by Crippen LogP contribution is 2.70. The summed E-state index contributed by atoms with van der Waals surface area (Å²) in [7, 11) is 0. The number of rotatable bonds is 2. The van der Waals surface area contributed by atoms with Gasteiger partial charge in [0.25, 0.3) is 0 Å². The Hall–Kier alpha value is 1.77. The number of hydrogen-bond acceptors (Lipinski definition) is 0. The molecule has 0 spiro atoms. The van der Waals surface area contributed by atoms with Crippen molar-refractivity contribution < 1.29 is 0 Å². The van der Waals surface area contributed by atoms with E-state index in [4.69, 9.17) is 81.2 Å². The van der Waals surface area contributed by atoms with Gasteiger partial charge in [0.05, 0.1) is 5.38 Å². The standard InChI is InChI=1S/C10H9Cl7/c11-2-6-4-1-5(7(13)10(4,16)17)9(6,3-12)8(14)15/h2,4-5,7-8H,1,3H2/b6-2+/t4-,5-,7-,9+/m1/s1. The Morgan fingerprint density at radius 1 is 1.35 bits per heavy atom. The summed E-state index contributed by atoms with van der Waals surface area (Å²) in [6.07, 6.45) is 0.711. The van der Waals surface area contributed by atoms with Crippen molar-refractivity contribution in [2.75, 3.05) is 5.88 Å². The van der Waals surface area contributed by atoms with Gasteiger partial charge in [0.2, 0.25) is 0 Å². The Bertz CT molecular complexity index is 351. The molecular formula is C10H9Cl7. The van der Waals surface area contributed by atoms with Gasteiger partial charge in [0.15, 0.2) is 0 Å². The van der Waals surface area contributed by atoms with Crippen LogP contribution in [0.2, 0.25) is 0 Å². The highest BCUT2D eigenvalue weighted by molar-refractivity contribution is 6.53. The van der Waals surface area contributed by atoms with Crippen LogP contribution in [0.4, 0.5) is 0 Å². The molecule has 0 heterocycles. The molecule has 17 heavy (non-hydrogen) atoms. The number of halogens is 7. The lowest BCUT2D eigenvalue weighted by Gasteiger charge is -2.45. The van der Waals surface area contributed by atoms with Crippen LogP contribution in [0.5, 0.6) is 0 Å². The van der Waals surface area contributed by atoms with Crippen LogP contribution in [0.25, 0.3) is 0 Å². The van der Waals surface area contributed by atoms with Gasteiger partial charge in [0.1, 0.15) is 9.17 Å². The van der Waals surface area contributed by atoms with E-state index in [-0.39, 0.29) is 17.7 Å². The zero-order valence-electron chi connectivity index (χ0n) is 8.45. The molecule has 98 valence electrons. The smallest absolute Gasteiger partial charge is 0.126 e. The van der Waals surface area contributed by atoms with Crippen LogP contribution >= 0.6 is 81.2 Å². The molecule has 2 fully saturated rings. The Balaban J connectivity index is 2.53. The minimum Gasteiger partial charge on any atom is -0.126 e. The summed E-state index contributed by atoms with van der Waals surface area (Å²) in [6, 6.07) is 0. The fourth-order valence-corrected chi connectivity index (χ4v) is 5.98. The molecule has 0 aliphatic heterocycles. The van der Waals surface area contributed by atoms with Crippen LogP contribution in [0.15, 0.2) is 11.1 Å². The maximum absolute atomic E-state index is 6.32. The Labute approximate surface area is 135 Å². The maximum Gasteiger partial charge on any atom is 0.141 e. The summed E-state index contributed by atoms with van der Waals surface area (Å²) < 4.78 is -1.04. The molecule has 0 aromatic heterocycles. The van der Waals surface area contributed by atoms with Crippen molar-refractivity contribution in [1.29, 1.82) is 0 Å². The molecule has 0 saturated heterocycles. The molecule has 2 rings (SSSR count). The van der Waals surface area contributed by atoms with Crippen LogP contribution in [0, 0.1) is 17.3 Å². The van der Waals surface area contributed by atoms with E-state index in [1.54, 1.807) is 0 Å². The second-order valence-electron chi connectivity index (χ2n) is 4.51. The predicted octanol–water partition coefficient (Wildman–Crippen LogP) is 5.57. The zero-order chi connectivity index (χ0) is 13.0. The summed E-state index contributed by atoms with van der Waals surface area (Å²) in [6.45, 7) is 0. The van der Waals surface area contributed by atoms with Gasteiger partial charge in [-0.15, -0.1) is 46.4 Å². The molecule has 0 N–H and O–H groups in total. The fraction of sp³-hybridized carbons (Fsp3) is 0.800. The minimum atomic E-state index is -1.04. The van der Waals surface area contributed by atoms with E-state index >= 15 is 0 Å². The summed E-state index contributed by atoms with van der Waals surface area (Å²) in [4.78, 5) is -0.689. The van der Waals surface area contributed by atoms with Gasteiger partial charge in [-0.25, -0.2) is 0 Å². The van der Waals surface area contributed by atoms with E-state index in [1.807, 2.05) is 0 Å². The quantitative estimate of drug-likeness (QED) is 0.552. The van der Waals surface area contributed by atoms with Crippen LogP contribution in [0.1, 0.15) is 6.42 Å². The Morgan fingerprint density at radius 3 is 2.35 bits per heavy atom. The van der Waals surface area contributed by atoms with Gasteiger partial charge in [-0.2, -0.15) is 0 Å². The van der Waals surface area contributed by atoms with Crippen molar-refractivity contribution in [3.05, 3.63) is 11.1 Å². The van der Waals surface area contributed by atoms with Gasteiger partial charge < -0.3 is 0 Å². The molecule has 2 bridgehead atoms. The number of alkyl halides is 6. The highest BCUT2D eigenvalue weighted by atomic mass is 35.5. The lowest BCUT2D eigenvalue weighted by Crippen LogP contribution is -2.49. The molecule has 0 radical (unpaired) electrons. The lowest BCUT2D eigenvalue weighted by atomic mass is 9.72. The second-order valence-corrected chi connectivity index (χ2v) is 8.01. The third-order valence-corrected chi connectivity index (χ3v) is 7.30. The molecule has 4 atom stereocenters. The molecule has 0 aromatic rings. The Kier molecular flexibility index (Phi) is 4.42. The summed E-state index contributed by atoms with van der Waals surface area (Å²) in [5, 5.41) is -0.435. The SMILES string of the molecule is Cl/C=C1\[C@H]2C[C@H]([C@@H](Cl)C2(Cl)Cl)[C@]1(CCl)C(Cl)Cl. The Morgan fingerprint density at radius 2 is 1.94 bits per heavy atom. The van der Waals surface area contributed by atoms with Crippen LogP contribution in [-0.2, 0) is 0 Å². The van der Waals surface area contributed by atoms with Gasteiger partial charge in [0, 0.05) is 22.7 Å². The zero-order valence-corrected chi connectivity index (χ0v) is 13.7. The van der Waals surface area contributed by atoms with Crippen molar-refractivity contribution in [1.82, 2.24) is 0 Å². The number of hydrogen-bond donors (Lipinski definition) is 0. The third kappa shape index (κ3) is 1.86. The molecule has 0 unspecified atom stereocenters. The average Bonchev–Trinajstić information content (AvgIpc) is 2.72. The third-order valence-electron chi connectivity index (χ3n) is 3.98.